The smallest absolute Gasteiger partial charge is 0.330 e. The van der Waals surface area contributed by atoms with E-state index in [0.717, 1.165) is 6.42 Å². The minimum atomic E-state index is -0.800. The van der Waals surface area contributed by atoms with Gasteiger partial charge in [0.2, 0.25) is 0 Å². The van der Waals surface area contributed by atoms with Crippen LogP contribution in [0.25, 0.3) is 0 Å². The molecular formula is C24H32O2. The van der Waals surface area contributed by atoms with Crippen LogP contribution in [0.1, 0.15) is 58.9 Å². The zero-order valence-electron chi connectivity index (χ0n) is 16.7. The van der Waals surface area contributed by atoms with Crippen LogP contribution in [0.3, 0.4) is 0 Å². The molecule has 0 heterocycles. The number of allylic oxidation sites excluding steroid dienone is 3. The van der Waals surface area contributed by atoms with Gasteiger partial charge in [-0.3, -0.25) is 0 Å². The van der Waals surface area contributed by atoms with Crippen LogP contribution in [-0.4, -0.2) is 11.1 Å². The maximum atomic E-state index is 11.7. The van der Waals surface area contributed by atoms with Crippen LogP contribution in [-0.2, 0) is 4.79 Å². The molecule has 0 amide bonds. The van der Waals surface area contributed by atoms with Crippen LogP contribution in [0.4, 0.5) is 0 Å². The van der Waals surface area contributed by atoms with E-state index >= 15 is 0 Å². The highest BCUT2D eigenvalue weighted by atomic mass is 16.4. The lowest BCUT2D eigenvalue weighted by Crippen LogP contribution is -2.43. The molecule has 1 saturated carbocycles. The first-order valence-corrected chi connectivity index (χ1v) is 9.97. The van der Waals surface area contributed by atoms with Crippen LogP contribution >= 0.6 is 0 Å². The quantitative estimate of drug-likeness (QED) is 0.528. The fourth-order valence-corrected chi connectivity index (χ4v) is 6.20. The Bertz CT molecular complexity index is 730. The maximum Gasteiger partial charge on any atom is 0.330 e. The third kappa shape index (κ3) is 2.94. The highest BCUT2D eigenvalue weighted by molar-refractivity contribution is 5.86. The van der Waals surface area contributed by atoms with E-state index in [0.29, 0.717) is 29.2 Å². The number of carboxylic acid groups (broad SMARTS) is 1. The summed E-state index contributed by atoms with van der Waals surface area (Å²) in [4.78, 5) is 11.7. The zero-order chi connectivity index (χ0) is 19.1. The number of carboxylic acids is 1. The van der Waals surface area contributed by atoms with Crippen LogP contribution < -0.4 is 0 Å². The Kier molecular flexibility index (Phi) is 5.14. The van der Waals surface area contributed by atoms with Crippen LogP contribution in [0, 0.1) is 29.1 Å². The second-order valence-corrected chi connectivity index (χ2v) is 8.64. The van der Waals surface area contributed by atoms with E-state index in [-0.39, 0.29) is 11.3 Å². The summed E-state index contributed by atoms with van der Waals surface area (Å²) in [6.45, 7) is 11.0. The Morgan fingerprint density at radius 3 is 2.46 bits per heavy atom. The van der Waals surface area contributed by atoms with Gasteiger partial charge >= 0.3 is 5.97 Å². The molecule has 0 bridgehead atoms. The van der Waals surface area contributed by atoms with Crippen molar-refractivity contribution in [1.82, 2.24) is 0 Å². The third-order valence-electron chi connectivity index (χ3n) is 7.11. The van der Waals surface area contributed by atoms with Gasteiger partial charge in [0.25, 0.3) is 0 Å². The van der Waals surface area contributed by atoms with Crippen molar-refractivity contribution in [2.24, 2.45) is 29.1 Å². The van der Waals surface area contributed by atoms with Crippen LogP contribution in [0.5, 0.6) is 0 Å². The van der Waals surface area contributed by atoms with Gasteiger partial charge in [0.05, 0.1) is 0 Å². The lowest BCUT2D eigenvalue weighted by Gasteiger charge is -2.51. The number of rotatable bonds is 4. The van der Waals surface area contributed by atoms with Crippen molar-refractivity contribution in [1.29, 1.82) is 0 Å². The fourth-order valence-electron chi connectivity index (χ4n) is 6.20. The Labute approximate surface area is 158 Å². The minimum Gasteiger partial charge on any atom is -0.478 e. The molecule has 2 aliphatic rings. The molecule has 6 atom stereocenters. The third-order valence-corrected chi connectivity index (χ3v) is 7.11. The van der Waals surface area contributed by atoms with Crippen molar-refractivity contribution in [2.45, 2.75) is 53.4 Å². The monoisotopic (exact) mass is 352 g/mol. The molecule has 2 aliphatic carbocycles. The van der Waals surface area contributed by atoms with Gasteiger partial charge < -0.3 is 5.11 Å². The number of carbonyl (C=O) groups is 1. The van der Waals surface area contributed by atoms with Crippen LogP contribution in [0.15, 0.2) is 53.6 Å². The molecule has 0 aliphatic heterocycles. The fraction of sp³-hybridized carbons (Fsp3) is 0.542. The molecule has 0 spiro atoms. The highest BCUT2D eigenvalue weighted by Gasteiger charge is 2.55. The molecule has 2 nitrogen and oxygen atoms in total. The normalized spacial score (nSPS) is 37.2. The van der Waals surface area contributed by atoms with Gasteiger partial charge in [0.15, 0.2) is 0 Å². The number of aliphatic carboxylic acids is 1. The lowest BCUT2D eigenvalue weighted by atomic mass is 9.53. The topological polar surface area (TPSA) is 37.3 Å². The summed E-state index contributed by atoms with van der Waals surface area (Å²) in [7, 11) is 0. The Morgan fingerprint density at radius 1 is 1.23 bits per heavy atom. The molecule has 1 N–H and O–H groups in total. The van der Waals surface area contributed by atoms with E-state index in [4.69, 9.17) is 0 Å². The molecule has 0 radical (unpaired) electrons. The molecule has 140 valence electrons. The van der Waals surface area contributed by atoms with Crippen molar-refractivity contribution in [3.63, 3.8) is 0 Å². The van der Waals surface area contributed by atoms with Gasteiger partial charge in [-0.25, -0.2) is 4.79 Å². The van der Waals surface area contributed by atoms with Crippen molar-refractivity contribution in [2.75, 3.05) is 0 Å². The number of hydrogen-bond donors (Lipinski definition) is 1. The summed E-state index contributed by atoms with van der Waals surface area (Å²) in [6, 6.07) is 10.6. The van der Waals surface area contributed by atoms with E-state index in [2.05, 4.69) is 70.2 Å². The first-order valence-electron chi connectivity index (χ1n) is 9.97. The molecule has 1 fully saturated rings. The summed E-state index contributed by atoms with van der Waals surface area (Å²) in [5, 5.41) is 9.61. The summed E-state index contributed by atoms with van der Waals surface area (Å²) in [6.07, 6.45) is 6.74. The first-order chi connectivity index (χ1) is 12.3. The molecule has 3 rings (SSSR count). The summed E-state index contributed by atoms with van der Waals surface area (Å²) in [5.41, 5.74) is 3.13. The molecule has 1 aromatic rings. The van der Waals surface area contributed by atoms with E-state index < -0.39 is 5.97 Å². The average Bonchev–Trinajstić information content (AvgIpc) is 2.93. The predicted octanol–water partition coefficient (Wildman–Crippen LogP) is 6.07. The predicted molar refractivity (Wildman–Crippen MR) is 107 cm³/mol. The van der Waals surface area contributed by atoms with E-state index in [1.165, 1.54) is 17.6 Å². The molecule has 1 aromatic carbocycles. The van der Waals surface area contributed by atoms with E-state index in [1.807, 2.05) is 0 Å². The molecule has 0 saturated heterocycles. The first kappa shape index (κ1) is 18.9. The van der Waals surface area contributed by atoms with Crippen molar-refractivity contribution in [3.05, 3.63) is 59.2 Å². The van der Waals surface area contributed by atoms with Crippen LogP contribution in [0.2, 0.25) is 0 Å². The molecule has 0 aromatic heterocycles. The summed E-state index contributed by atoms with van der Waals surface area (Å²) >= 11 is 0. The van der Waals surface area contributed by atoms with Gasteiger partial charge in [0, 0.05) is 16.9 Å². The highest BCUT2D eigenvalue weighted by Crippen LogP contribution is 2.63. The second-order valence-electron chi connectivity index (χ2n) is 8.64. The lowest BCUT2D eigenvalue weighted by molar-refractivity contribution is -0.132. The standard InChI is InChI=1S/C24H32O2/c1-6-24(14-18(5)23(25)26)20(19-10-8-7-9-11-19)13-16(3)21-15(2)12-17(4)22(21)24/h7-11,13-15,17,20-22H,6,12H2,1-5H3,(H,25,26)/b18-14+/t15-,17-,20+,21+,22-,24-/m0/s1. The molecule has 26 heavy (non-hydrogen) atoms. The van der Waals surface area contributed by atoms with Gasteiger partial charge in [0.1, 0.15) is 0 Å². The van der Waals surface area contributed by atoms with Gasteiger partial charge in [-0.2, -0.15) is 0 Å². The molecule has 2 heteroatoms. The number of hydrogen-bond acceptors (Lipinski definition) is 1. The largest absolute Gasteiger partial charge is 0.478 e. The maximum absolute atomic E-state index is 11.7. The van der Waals surface area contributed by atoms with E-state index in [9.17, 15) is 9.90 Å². The summed E-state index contributed by atoms with van der Waals surface area (Å²) < 4.78 is 0. The van der Waals surface area contributed by atoms with Crippen molar-refractivity contribution in [3.8, 4) is 0 Å². The molecule has 0 unspecified atom stereocenters. The second kappa shape index (κ2) is 7.06. The zero-order valence-corrected chi connectivity index (χ0v) is 16.7. The van der Waals surface area contributed by atoms with Crippen molar-refractivity contribution >= 4 is 5.97 Å². The Balaban J connectivity index is 2.25. The van der Waals surface area contributed by atoms with E-state index in [1.54, 1.807) is 6.92 Å². The van der Waals surface area contributed by atoms with Gasteiger partial charge in [-0.05, 0) is 55.9 Å². The Morgan fingerprint density at radius 2 is 1.88 bits per heavy atom. The molecular weight excluding hydrogens is 320 g/mol. The average molecular weight is 353 g/mol. The van der Waals surface area contributed by atoms with Gasteiger partial charge in [-0.1, -0.05) is 68.8 Å². The SMILES string of the molecule is CC[C@@]1(/C=C(\C)C(=O)O)[C@@H]2[C@@H](C(C)=C[C@@H]1c1ccccc1)[C@@H](C)C[C@@H]2C. The van der Waals surface area contributed by atoms with Crippen molar-refractivity contribution < 1.29 is 9.90 Å². The summed E-state index contributed by atoms with van der Waals surface area (Å²) in [5.74, 6) is 1.74. The Hall–Kier alpha value is -1.83. The number of fused-ring (bicyclic) bond motifs is 1. The number of benzene rings is 1. The van der Waals surface area contributed by atoms with Gasteiger partial charge in [-0.15, -0.1) is 0 Å². The minimum absolute atomic E-state index is 0.141.